The Morgan fingerprint density at radius 2 is 2.04 bits per heavy atom. The van der Waals surface area contributed by atoms with Crippen molar-refractivity contribution in [3.05, 3.63) is 34.4 Å². The average molecular weight is 339 g/mol. The van der Waals surface area contributed by atoms with Crippen molar-refractivity contribution in [2.24, 2.45) is 0 Å². The third-order valence-corrected chi connectivity index (χ3v) is 3.93. The lowest BCUT2D eigenvalue weighted by molar-refractivity contribution is -0.384. The molecule has 1 saturated heterocycles. The van der Waals surface area contributed by atoms with Crippen molar-refractivity contribution in [3.8, 4) is 0 Å². The zero-order valence-electron chi connectivity index (χ0n) is 12.9. The van der Waals surface area contributed by atoms with E-state index in [0.717, 1.165) is 0 Å². The Labute approximate surface area is 137 Å². The molecule has 9 heteroatoms. The molecule has 0 bridgehead atoms. The van der Waals surface area contributed by atoms with Crippen molar-refractivity contribution in [1.29, 1.82) is 0 Å². The number of anilines is 1. The van der Waals surface area contributed by atoms with Crippen LogP contribution in [0.4, 0.5) is 15.8 Å². The number of nitro benzene ring substituents is 1. The van der Waals surface area contributed by atoms with E-state index in [1.54, 1.807) is 12.1 Å². The molecule has 0 saturated carbocycles. The number of carboxylic acid groups (broad SMARTS) is 1. The Kier molecular flexibility index (Phi) is 5.32. The smallest absolute Gasteiger partial charge is 0.343 e. The average Bonchev–Trinajstić information content (AvgIpc) is 2.96. The first-order chi connectivity index (χ1) is 11.3. The summed E-state index contributed by atoms with van der Waals surface area (Å²) >= 11 is 0. The maximum Gasteiger partial charge on any atom is 0.343 e. The Morgan fingerprint density at radius 3 is 2.58 bits per heavy atom. The minimum atomic E-state index is -2.34. The van der Waals surface area contributed by atoms with Gasteiger partial charge in [-0.05, 0) is 18.6 Å². The molecule has 24 heavy (non-hydrogen) atoms. The van der Waals surface area contributed by atoms with Crippen LogP contribution in [-0.4, -0.2) is 52.1 Å². The maximum absolute atomic E-state index is 13.9. The number of aliphatic carboxylic acids is 1. The fraction of sp³-hybridized carbons (Fsp3) is 0.467. The van der Waals surface area contributed by atoms with Gasteiger partial charge in [-0.1, -0.05) is 0 Å². The summed E-state index contributed by atoms with van der Waals surface area (Å²) in [5, 5.41) is 22.4. The number of carboxylic acids is 1. The van der Waals surface area contributed by atoms with Crippen molar-refractivity contribution in [2.45, 2.75) is 24.9 Å². The second-order valence-corrected chi connectivity index (χ2v) is 5.67. The molecule has 0 radical (unpaired) electrons. The van der Waals surface area contributed by atoms with Gasteiger partial charge in [0.25, 0.3) is 5.69 Å². The number of non-ortho nitro benzene ring substituents is 1. The molecule has 0 spiro atoms. The van der Waals surface area contributed by atoms with Crippen molar-refractivity contribution in [1.82, 2.24) is 4.90 Å². The molecule has 1 unspecified atom stereocenters. The number of alkyl halides is 1. The first-order valence-electron chi connectivity index (χ1n) is 7.50. The summed E-state index contributed by atoms with van der Waals surface area (Å²) in [5.74, 6) is -1.81. The molecule has 1 aliphatic heterocycles. The van der Waals surface area contributed by atoms with Crippen LogP contribution in [0.5, 0.6) is 0 Å². The number of benzene rings is 1. The van der Waals surface area contributed by atoms with E-state index < -0.39 is 23.1 Å². The van der Waals surface area contributed by atoms with Crippen LogP contribution < -0.4 is 5.32 Å². The first-order valence-corrected chi connectivity index (χ1v) is 7.50. The highest BCUT2D eigenvalue weighted by atomic mass is 19.1. The number of likely N-dealkylation sites (tertiary alicyclic amines) is 1. The van der Waals surface area contributed by atoms with E-state index in [1.807, 2.05) is 0 Å². The lowest BCUT2D eigenvalue weighted by Crippen LogP contribution is -2.38. The summed E-state index contributed by atoms with van der Waals surface area (Å²) in [6.07, 6.45) is 0.476. The van der Waals surface area contributed by atoms with Gasteiger partial charge in [-0.2, -0.15) is 0 Å². The Hall–Kier alpha value is -2.71. The van der Waals surface area contributed by atoms with E-state index in [2.05, 4.69) is 5.32 Å². The van der Waals surface area contributed by atoms with Gasteiger partial charge < -0.3 is 15.3 Å². The quantitative estimate of drug-likeness (QED) is 0.445. The fourth-order valence-corrected chi connectivity index (χ4v) is 2.49. The standard InChI is InChI=1S/C15H18FN3O5/c16-15(14(21)22)7-9-18(10-15)13(20)2-1-8-17-11-3-5-12(6-4-11)19(23)24/h3-6,17H,1-2,7-10H2,(H,21,22). The number of rotatable bonds is 7. The second kappa shape index (κ2) is 7.24. The summed E-state index contributed by atoms with van der Waals surface area (Å²) in [6, 6.07) is 5.91. The van der Waals surface area contributed by atoms with Crippen LogP contribution in [0.2, 0.25) is 0 Å². The SMILES string of the molecule is O=C(CCCNc1ccc([N+](=O)[O-])cc1)N1CCC(F)(C(=O)O)C1. The highest BCUT2D eigenvalue weighted by molar-refractivity contribution is 5.82. The van der Waals surface area contributed by atoms with Gasteiger partial charge in [-0.25, -0.2) is 9.18 Å². The number of carbonyl (C=O) groups is 2. The predicted octanol–water partition coefficient (Wildman–Crippen LogP) is 1.81. The van der Waals surface area contributed by atoms with E-state index in [0.29, 0.717) is 18.7 Å². The Morgan fingerprint density at radius 1 is 1.38 bits per heavy atom. The van der Waals surface area contributed by atoms with Crippen molar-refractivity contribution < 1.29 is 24.0 Å². The number of hydrogen-bond donors (Lipinski definition) is 2. The normalized spacial score (nSPS) is 20.0. The third-order valence-electron chi connectivity index (χ3n) is 3.93. The number of amides is 1. The number of halogens is 1. The van der Waals surface area contributed by atoms with Gasteiger partial charge in [0, 0.05) is 43.8 Å². The molecule has 2 rings (SSSR count). The van der Waals surface area contributed by atoms with Gasteiger partial charge in [0.2, 0.25) is 11.6 Å². The van der Waals surface area contributed by atoms with Gasteiger partial charge in [-0.15, -0.1) is 0 Å². The highest BCUT2D eigenvalue weighted by Crippen LogP contribution is 2.26. The van der Waals surface area contributed by atoms with E-state index in [-0.39, 0.29) is 31.0 Å². The van der Waals surface area contributed by atoms with E-state index in [1.165, 1.54) is 17.0 Å². The van der Waals surface area contributed by atoms with Gasteiger partial charge >= 0.3 is 5.97 Å². The van der Waals surface area contributed by atoms with Crippen LogP contribution in [0.15, 0.2) is 24.3 Å². The molecule has 8 nitrogen and oxygen atoms in total. The van der Waals surface area contributed by atoms with E-state index in [9.17, 15) is 24.1 Å². The van der Waals surface area contributed by atoms with Crippen LogP contribution in [-0.2, 0) is 9.59 Å². The summed E-state index contributed by atoms with van der Waals surface area (Å²) < 4.78 is 13.9. The lowest BCUT2D eigenvalue weighted by Gasteiger charge is -2.17. The second-order valence-electron chi connectivity index (χ2n) is 5.67. The first kappa shape index (κ1) is 17.6. The summed E-state index contributed by atoms with van der Waals surface area (Å²) in [7, 11) is 0. The zero-order valence-corrected chi connectivity index (χ0v) is 12.9. The Balaban J connectivity index is 1.72. The lowest BCUT2D eigenvalue weighted by atomic mass is 10.1. The van der Waals surface area contributed by atoms with Gasteiger partial charge in [0.15, 0.2) is 0 Å². The summed E-state index contributed by atoms with van der Waals surface area (Å²) in [6.45, 7) is 0.172. The molecular formula is C15H18FN3O5. The minimum absolute atomic E-state index is 0.00195. The van der Waals surface area contributed by atoms with Crippen LogP contribution in [0.3, 0.4) is 0 Å². The molecule has 0 aliphatic carbocycles. The van der Waals surface area contributed by atoms with Crippen LogP contribution in [0.1, 0.15) is 19.3 Å². The molecule has 1 aromatic rings. The van der Waals surface area contributed by atoms with Gasteiger partial charge in [0.05, 0.1) is 11.5 Å². The molecular weight excluding hydrogens is 321 g/mol. The van der Waals surface area contributed by atoms with E-state index >= 15 is 0 Å². The molecule has 1 atom stereocenters. The van der Waals surface area contributed by atoms with Crippen LogP contribution in [0.25, 0.3) is 0 Å². The Bertz CT molecular complexity index is 637. The number of nitrogens with zero attached hydrogens (tertiary/aromatic N) is 2. The molecule has 1 heterocycles. The summed E-state index contributed by atoms with van der Waals surface area (Å²) in [5.41, 5.74) is -1.65. The minimum Gasteiger partial charge on any atom is -0.479 e. The monoisotopic (exact) mass is 339 g/mol. The maximum atomic E-state index is 13.9. The van der Waals surface area contributed by atoms with Crippen LogP contribution >= 0.6 is 0 Å². The molecule has 1 aliphatic rings. The van der Waals surface area contributed by atoms with Gasteiger partial charge in [-0.3, -0.25) is 14.9 Å². The largest absolute Gasteiger partial charge is 0.479 e. The number of hydrogen-bond acceptors (Lipinski definition) is 5. The number of nitrogens with one attached hydrogen (secondary N) is 1. The van der Waals surface area contributed by atoms with Crippen molar-refractivity contribution in [2.75, 3.05) is 25.0 Å². The third kappa shape index (κ3) is 4.18. The number of nitro groups is 1. The molecule has 130 valence electrons. The zero-order chi connectivity index (χ0) is 17.7. The highest BCUT2D eigenvalue weighted by Gasteiger charge is 2.46. The van der Waals surface area contributed by atoms with Crippen molar-refractivity contribution >= 4 is 23.3 Å². The predicted molar refractivity (Wildman–Crippen MR) is 83.5 cm³/mol. The van der Waals surface area contributed by atoms with Crippen molar-refractivity contribution in [3.63, 3.8) is 0 Å². The number of carbonyl (C=O) groups excluding carboxylic acids is 1. The molecule has 1 fully saturated rings. The van der Waals surface area contributed by atoms with Gasteiger partial charge in [0.1, 0.15) is 0 Å². The molecule has 1 aromatic carbocycles. The fourth-order valence-electron chi connectivity index (χ4n) is 2.49. The molecule has 1 amide bonds. The van der Waals surface area contributed by atoms with Crippen LogP contribution in [0, 0.1) is 10.1 Å². The molecule has 2 N–H and O–H groups in total. The summed E-state index contributed by atoms with van der Waals surface area (Å²) in [4.78, 5) is 34.1. The van der Waals surface area contributed by atoms with E-state index in [4.69, 9.17) is 5.11 Å². The topological polar surface area (TPSA) is 113 Å². The molecule has 0 aromatic heterocycles.